The van der Waals surface area contributed by atoms with Crippen molar-refractivity contribution in [2.45, 2.75) is 39.5 Å². The smallest absolute Gasteiger partial charge is 0.255 e. The van der Waals surface area contributed by atoms with Gasteiger partial charge in [0.2, 0.25) is 0 Å². The van der Waals surface area contributed by atoms with Crippen molar-refractivity contribution < 1.29 is 33.3 Å². The van der Waals surface area contributed by atoms with Crippen molar-refractivity contribution in [2.75, 3.05) is 57.4 Å². The van der Waals surface area contributed by atoms with Gasteiger partial charge in [0.25, 0.3) is 11.8 Å². The molecule has 0 heterocycles. The first kappa shape index (κ1) is 32.4. The number of ether oxygens (including phenoxy) is 5. The molecule has 0 unspecified atom stereocenters. The molecule has 2 N–H and O–H groups in total. The molecule has 3 aromatic rings. The van der Waals surface area contributed by atoms with Crippen LogP contribution in [-0.2, 0) is 9.47 Å². The summed E-state index contributed by atoms with van der Waals surface area (Å²) in [6.45, 7) is 6.87. The van der Waals surface area contributed by atoms with Crippen LogP contribution in [0.3, 0.4) is 0 Å². The minimum Gasteiger partial charge on any atom is -0.494 e. The number of hydrogen-bond acceptors (Lipinski definition) is 7. The molecule has 0 aliphatic carbocycles. The van der Waals surface area contributed by atoms with Gasteiger partial charge in [-0.05, 0) is 73.5 Å². The van der Waals surface area contributed by atoms with Gasteiger partial charge in [0.1, 0.15) is 18.1 Å². The third-order valence-corrected chi connectivity index (χ3v) is 6.18. The molecule has 2 amide bonds. The molecule has 9 heteroatoms. The number of rotatable bonds is 19. The highest BCUT2D eigenvalue weighted by Gasteiger charge is 2.17. The number of anilines is 2. The fourth-order valence-electron chi connectivity index (χ4n) is 3.80. The second kappa shape index (κ2) is 18.4. The summed E-state index contributed by atoms with van der Waals surface area (Å²) in [4.78, 5) is 26.2. The van der Waals surface area contributed by atoms with Gasteiger partial charge in [0.05, 0.1) is 44.4 Å². The van der Waals surface area contributed by atoms with Gasteiger partial charge < -0.3 is 34.3 Å². The van der Waals surface area contributed by atoms with Crippen molar-refractivity contribution in [1.82, 2.24) is 0 Å². The molecule has 0 saturated heterocycles. The average Bonchev–Trinajstić information content (AvgIpc) is 3.01. The van der Waals surface area contributed by atoms with E-state index in [0.717, 1.165) is 25.7 Å². The van der Waals surface area contributed by atoms with E-state index >= 15 is 0 Å². The van der Waals surface area contributed by atoms with E-state index in [0.29, 0.717) is 72.8 Å². The number of carbonyl (C=O) groups is 2. The zero-order valence-electron chi connectivity index (χ0n) is 24.8. The number of hydrogen-bond donors (Lipinski definition) is 2. The maximum absolute atomic E-state index is 13.1. The van der Waals surface area contributed by atoms with Crippen LogP contribution in [-0.4, -0.2) is 58.6 Å². The van der Waals surface area contributed by atoms with Gasteiger partial charge in [-0.2, -0.15) is 0 Å². The Labute approximate surface area is 248 Å². The SMILES string of the molecule is CCCCOc1ccc(C(=O)Nc2cccc(NC(=O)c3ccc(OCCCC)cc3)c2OCCOCCOC)cc1. The Morgan fingerprint density at radius 3 is 1.52 bits per heavy atom. The molecular formula is C33H42N2O7. The molecule has 3 rings (SSSR count). The van der Waals surface area contributed by atoms with Gasteiger partial charge in [-0.25, -0.2) is 0 Å². The highest BCUT2D eigenvalue weighted by atomic mass is 16.5. The third kappa shape index (κ3) is 10.7. The minimum absolute atomic E-state index is 0.201. The van der Waals surface area contributed by atoms with Crippen LogP contribution in [0.25, 0.3) is 0 Å². The van der Waals surface area contributed by atoms with Crippen molar-refractivity contribution in [3.05, 3.63) is 77.9 Å². The molecule has 9 nitrogen and oxygen atoms in total. The highest BCUT2D eigenvalue weighted by Crippen LogP contribution is 2.34. The maximum atomic E-state index is 13.1. The van der Waals surface area contributed by atoms with Crippen molar-refractivity contribution in [1.29, 1.82) is 0 Å². The van der Waals surface area contributed by atoms with Crippen molar-refractivity contribution in [3.63, 3.8) is 0 Å². The molecule has 0 aliphatic heterocycles. The largest absolute Gasteiger partial charge is 0.494 e. The molecule has 0 aliphatic rings. The fraction of sp³-hybridized carbons (Fsp3) is 0.394. The van der Waals surface area contributed by atoms with Gasteiger partial charge in [-0.15, -0.1) is 0 Å². The first-order valence-corrected chi connectivity index (χ1v) is 14.5. The van der Waals surface area contributed by atoms with Crippen LogP contribution < -0.4 is 24.8 Å². The van der Waals surface area contributed by atoms with Gasteiger partial charge in [0.15, 0.2) is 5.75 Å². The number of methoxy groups -OCH3 is 1. The maximum Gasteiger partial charge on any atom is 0.255 e. The Morgan fingerprint density at radius 1 is 0.595 bits per heavy atom. The van der Waals surface area contributed by atoms with E-state index in [4.69, 9.17) is 23.7 Å². The molecule has 0 bridgehead atoms. The standard InChI is InChI=1S/C33H42N2O7/c1-4-6-19-40-27-15-11-25(12-16-27)32(36)34-29-9-8-10-30(31(29)42-24-23-39-22-21-38-3)35-33(37)26-13-17-28(18-14-26)41-20-7-5-2/h8-18H,4-7,19-24H2,1-3H3,(H,34,36)(H,35,37). The Kier molecular flexibility index (Phi) is 14.2. The fourth-order valence-corrected chi connectivity index (χ4v) is 3.80. The lowest BCUT2D eigenvalue weighted by Gasteiger charge is -2.17. The predicted octanol–water partition coefficient (Wildman–Crippen LogP) is 6.59. The molecule has 0 saturated carbocycles. The molecule has 0 fully saturated rings. The van der Waals surface area contributed by atoms with Crippen LogP contribution in [0.5, 0.6) is 17.2 Å². The first-order valence-electron chi connectivity index (χ1n) is 14.5. The number of amides is 2. The van der Waals surface area contributed by atoms with Gasteiger partial charge >= 0.3 is 0 Å². The quantitative estimate of drug-likeness (QED) is 0.155. The zero-order chi connectivity index (χ0) is 30.0. The van der Waals surface area contributed by atoms with Crippen LogP contribution in [0.4, 0.5) is 11.4 Å². The summed E-state index contributed by atoms with van der Waals surface area (Å²) in [5.74, 6) is 1.11. The Hall–Kier alpha value is -4.08. The molecule has 0 aromatic heterocycles. The lowest BCUT2D eigenvalue weighted by Crippen LogP contribution is -2.17. The predicted molar refractivity (Wildman–Crippen MR) is 164 cm³/mol. The Balaban J connectivity index is 1.73. The van der Waals surface area contributed by atoms with Crippen LogP contribution in [0.1, 0.15) is 60.2 Å². The number of para-hydroxylation sites is 1. The van der Waals surface area contributed by atoms with Crippen molar-refractivity contribution in [2.24, 2.45) is 0 Å². The van der Waals surface area contributed by atoms with Crippen molar-refractivity contribution >= 4 is 23.2 Å². The Morgan fingerprint density at radius 2 is 1.07 bits per heavy atom. The van der Waals surface area contributed by atoms with E-state index in [9.17, 15) is 9.59 Å². The summed E-state index contributed by atoms with van der Waals surface area (Å²) in [7, 11) is 1.60. The van der Waals surface area contributed by atoms with E-state index < -0.39 is 0 Å². The van der Waals surface area contributed by atoms with Crippen LogP contribution in [0, 0.1) is 0 Å². The normalized spacial score (nSPS) is 10.6. The van der Waals surface area contributed by atoms with Crippen molar-refractivity contribution in [3.8, 4) is 17.2 Å². The summed E-state index contributed by atoms with van der Waals surface area (Å²) in [5, 5.41) is 5.82. The zero-order valence-corrected chi connectivity index (χ0v) is 24.8. The second-order valence-corrected chi connectivity index (χ2v) is 9.50. The molecular weight excluding hydrogens is 536 g/mol. The molecule has 0 radical (unpaired) electrons. The molecule has 42 heavy (non-hydrogen) atoms. The number of nitrogens with one attached hydrogen (secondary N) is 2. The lowest BCUT2D eigenvalue weighted by molar-refractivity contribution is 0.0546. The summed E-state index contributed by atoms with van der Waals surface area (Å²) in [6.07, 6.45) is 4.02. The summed E-state index contributed by atoms with van der Waals surface area (Å²) >= 11 is 0. The second-order valence-electron chi connectivity index (χ2n) is 9.50. The lowest BCUT2D eigenvalue weighted by atomic mass is 10.1. The van der Waals surface area contributed by atoms with Crippen LogP contribution in [0.15, 0.2) is 66.7 Å². The molecule has 0 spiro atoms. The first-order chi connectivity index (χ1) is 20.5. The van der Waals surface area contributed by atoms with E-state index in [1.165, 1.54) is 0 Å². The van der Waals surface area contributed by atoms with E-state index in [1.807, 2.05) is 0 Å². The van der Waals surface area contributed by atoms with E-state index in [1.54, 1.807) is 73.8 Å². The van der Waals surface area contributed by atoms with Crippen LogP contribution in [0.2, 0.25) is 0 Å². The molecule has 3 aromatic carbocycles. The average molecular weight is 579 g/mol. The number of carbonyl (C=O) groups excluding carboxylic acids is 2. The summed E-state index contributed by atoms with van der Waals surface area (Å²) in [5.41, 5.74) is 1.75. The van der Waals surface area contributed by atoms with Gasteiger partial charge in [-0.1, -0.05) is 32.8 Å². The third-order valence-electron chi connectivity index (χ3n) is 6.18. The topological polar surface area (TPSA) is 104 Å². The summed E-state index contributed by atoms with van der Waals surface area (Å²) in [6, 6.07) is 19.1. The molecule has 0 atom stereocenters. The highest BCUT2D eigenvalue weighted by molar-refractivity contribution is 6.08. The summed E-state index contributed by atoms with van der Waals surface area (Å²) < 4.78 is 28.0. The van der Waals surface area contributed by atoms with Gasteiger partial charge in [0, 0.05) is 18.2 Å². The number of benzene rings is 3. The minimum atomic E-state index is -0.321. The monoisotopic (exact) mass is 578 g/mol. The molecule has 226 valence electrons. The van der Waals surface area contributed by atoms with E-state index in [2.05, 4.69) is 24.5 Å². The van der Waals surface area contributed by atoms with Crippen LogP contribution >= 0.6 is 0 Å². The van der Waals surface area contributed by atoms with Gasteiger partial charge in [-0.3, -0.25) is 9.59 Å². The Bertz CT molecular complexity index is 1140. The van der Waals surface area contributed by atoms with E-state index in [-0.39, 0.29) is 18.4 Å². The number of unbranched alkanes of at least 4 members (excludes halogenated alkanes) is 2.